The van der Waals surface area contributed by atoms with Crippen molar-refractivity contribution in [3.05, 3.63) is 47.2 Å². The molecule has 122 valence electrons. The summed E-state index contributed by atoms with van der Waals surface area (Å²) in [7, 11) is 1.86. The average Bonchev–Trinajstić information content (AvgIpc) is 3.15. The number of anilines is 1. The van der Waals surface area contributed by atoms with Crippen LogP contribution in [0.4, 0.5) is 10.5 Å². The normalized spacial score (nSPS) is 17.3. The number of urea groups is 1. The summed E-state index contributed by atoms with van der Waals surface area (Å²) in [6.45, 7) is 2.20. The Morgan fingerprint density at radius 1 is 1.35 bits per heavy atom. The van der Waals surface area contributed by atoms with Crippen LogP contribution in [0.1, 0.15) is 12.1 Å². The Hall–Kier alpha value is -2.21. The lowest BCUT2D eigenvalue weighted by Gasteiger charge is -2.19. The fraction of sp³-hybridized carbons (Fsp3) is 0.375. The van der Waals surface area contributed by atoms with Gasteiger partial charge in [0.25, 0.3) is 0 Å². The average molecular weight is 334 g/mol. The molecule has 1 aromatic carbocycles. The number of hydrogen-bond acceptors (Lipinski definition) is 3. The molecule has 0 radical (unpaired) electrons. The molecule has 2 N–H and O–H groups in total. The predicted molar refractivity (Wildman–Crippen MR) is 90.6 cm³/mol. The van der Waals surface area contributed by atoms with Gasteiger partial charge in [0.1, 0.15) is 0 Å². The largest absolute Gasteiger partial charge is 0.369 e. The van der Waals surface area contributed by atoms with E-state index in [0.29, 0.717) is 6.54 Å². The van der Waals surface area contributed by atoms with Gasteiger partial charge >= 0.3 is 6.03 Å². The Labute approximate surface area is 140 Å². The lowest BCUT2D eigenvalue weighted by atomic mass is 10.3. The van der Waals surface area contributed by atoms with Crippen molar-refractivity contribution in [2.45, 2.75) is 19.0 Å². The molecule has 1 aliphatic heterocycles. The van der Waals surface area contributed by atoms with Gasteiger partial charge in [-0.15, -0.1) is 0 Å². The molecule has 0 saturated carbocycles. The van der Waals surface area contributed by atoms with E-state index in [-0.39, 0.29) is 12.1 Å². The van der Waals surface area contributed by atoms with Gasteiger partial charge in [-0.1, -0.05) is 11.6 Å². The van der Waals surface area contributed by atoms with Gasteiger partial charge in [0.15, 0.2) is 0 Å². The third-order valence-corrected chi connectivity index (χ3v) is 4.32. The van der Waals surface area contributed by atoms with Crippen LogP contribution in [0.15, 0.2) is 36.5 Å². The number of nitrogens with zero attached hydrogens (tertiary/aromatic N) is 3. The maximum atomic E-state index is 12.0. The first-order valence-electron chi connectivity index (χ1n) is 7.63. The van der Waals surface area contributed by atoms with E-state index < -0.39 is 0 Å². The van der Waals surface area contributed by atoms with Gasteiger partial charge in [0, 0.05) is 43.1 Å². The van der Waals surface area contributed by atoms with E-state index in [2.05, 4.69) is 20.6 Å². The van der Waals surface area contributed by atoms with Crippen LogP contribution in [-0.2, 0) is 13.6 Å². The van der Waals surface area contributed by atoms with Crippen molar-refractivity contribution in [3.63, 3.8) is 0 Å². The topological polar surface area (TPSA) is 62.2 Å². The van der Waals surface area contributed by atoms with Crippen LogP contribution < -0.4 is 15.5 Å². The zero-order valence-electron chi connectivity index (χ0n) is 13.0. The molecular weight excluding hydrogens is 314 g/mol. The van der Waals surface area contributed by atoms with Crippen molar-refractivity contribution in [1.82, 2.24) is 20.4 Å². The van der Waals surface area contributed by atoms with Gasteiger partial charge in [-0.3, -0.25) is 4.68 Å². The van der Waals surface area contributed by atoms with Crippen molar-refractivity contribution in [1.29, 1.82) is 0 Å². The third-order valence-electron chi connectivity index (χ3n) is 4.07. The van der Waals surface area contributed by atoms with Crippen LogP contribution in [-0.4, -0.2) is 34.9 Å². The molecule has 1 aromatic heterocycles. The minimum atomic E-state index is -0.144. The Kier molecular flexibility index (Phi) is 4.71. The number of aromatic nitrogens is 2. The maximum absolute atomic E-state index is 12.0. The smallest absolute Gasteiger partial charge is 0.315 e. The van der Waals surface area contributed by atoms with Crippen molar-refractivity contribution in [3.8, 4) is 0 Å². The molecule has 2 amide bonds. The van der Waals surface area contributed by atoms with Crippen molar-refractivity contribution in [2.75, 3.05) is 18.0 Å². The third kappa shape index (κ3) is 3.96. The van der Waals surface area contributed by atoms with E-state index in [4.69, 9.17) is 11.6 Å². The molecular formula is C16H20ClN5O. The lowest BCUT2D eigenvalue weighted by Crippen LogP contribution is -2.43. The summed E-state index contributed by atoms with van der Waals surface area (Å²) in [5, 5.41) is 10.7. The van der Waals surface area contributed by atoms with Gasteiger partial charge in [-0.05, 0) is 36.8 Å². The summed E-state index contributed by atoms with van der Waals surface area (Å²) in [6, 6.07) is 9.68. The molecule has 2 aromatic rings. The van der Waals surface area contributed by atoms with Crippen LogP contribution in [0.5, 0.6) is 0 Å². The van der Waals surface area contributed by atoms with E-state index in [1.807, 2.05) is 37.4 Å². The van der Waals surface area contributed by atoms with Gasteiger partial charge in [-0.25, -0.2) is 4.79 Å². The molecule has 0 aliphatic carbocycles. The number of carbonyl (C=O) groups excluding carboxylic acids is 1. The number of halogens is 1. The zero-order chi connectivity index (χ0) is 16.2. The Balaban J connectivity index is 1.47. The SMILES string of the molecule is Cn1nccc1CNC(=O)NC1CCN(c2ccc(Cl)cc2)C1. The molecule has 7 heteroatoms. The van der Waals surface area contributed by atoms with Crippen LogP contribution in [0.25, 0.3) is 0 Å². The summed E-state index contributed by atoms with van der Waals surface area (Å²) < 4.78 is 1.75. The minimum Gasteiger partial charge on any atom is -0.369 e. The Morgan fingerprint density at radius 2 is 2.13 bits per heavy atom. The molecule has 0 bridgehead atoms. The molecule has 3 rings (SSSR count). The van der Waals surface area contributed by atoms with Gasteiger partial charge in [-0.2, -0.15) is 5.10 Å². The first-order valence-corrected chi connectivity index (χ1v) is 8.01. The molecule has 1 unspecified atom stereocenters. The number of amides is 2. The summed E-state index contributed by atoms with van der Waals surface area (Å²) in [5.41, 5.74) is 2.10. The highest BCUT2D eigenvalue weighted by molar-refractivity contribution is 6.30. The number of carbonyl (C=O) groups is 1. The highest BCUT2D eigenvalue weighted by Gasteiger charge is 2.24. The van der Waals surface area contributed by atoms with Crippen molar-refractivity contribution >= 4 is 23.3 Å². The standard InChI is InChI=1S/C16H20ClN5O/c1-21-15(6-8-19-21)10-18-16(23)20-13-7-9-22(11-13)14-4-2-12(17)3-5-14/h2-6,8,13H,7,9-11H2,1H3,(H2,18,20,23). The quantitative estimate of drug-likeness (QED) is 0.901. The summed E-state index contributed by atoms with van der Waals surface area (Å²) in [5.74, 6) is 0. The molecule has 23 heavy (non-hydrogen) atoms. The van der Waals surface area contributed by atoms with Crippen LogP contribution in [0.2, 0.25) is 5.02 Å². The van der Waals surface area contributed by atoms with Crippen molar-refractivity contribution < 1.29 is 4.79 Å². The van der Waals surface area contributed by atoms with Crippen LogP contribution in [0, 0.1) is 0 Å². The summed E-state index contributed by atoms with van der Waals surface area (Å²) >= 11 is 5.91. The van der Waals surface area contributed by atoms with Crippen molar-refractivity contribution in [2.24, 2.45) is 7.05 Å². The minimum absolute atomic E-state index is 0.144. The first-order chi connectivity index (χ1) is 11.1. The molecule has 1 fully saturated rings. The fourth-order valence-electron chi connectivity index (χ4n) is 2.75. The van der Waals surface area contributed by atoms with E-state index in [9.17, 15) is 4.79 Å². The lowest BCUT2D eigenvalue weighted by molar-refractivity contribution is 0.237. The Bertz CT molecular complexity index is 669. The Morgan fingerprint density at radius 3 is 2.83 bits per heavy atom. The number of benzene rings is 1. The van der Waals surface area contributed by atoms with E-state index in [1.54, 1.807) is 10.9 Å². The monoisotopic (exact) mass is 333 g/mol. The predicted octanol–water partition coefficient (Wildman–Crippen LogP) is 2.15. The fourth-order valence-corrected chi connectivity index (χ4v) is 2.87. The number of hydrogen-bond donors (Lipinski definition) is 2. The second-order valence-electron chi connectivity index (χ2n) is 5.68. The highest BCUT2D eigenvalue weighted by Crippen LogP contribution is 2.22. The second kappa shape index (κ2) is 6.91. The van der Waals surface area contributed by atoms with Crippen LogP contribution in [0.3, 0.4) is 0 Å². The van der Waals surface area contributed by atoms with E-state index in [1.165, 1.54) is 0 Å². The van der Waals surface area contributed by atoms with Gasteiger partial charge in [0.2, 0.25) is 0 Å². The zero-order valence-corrected chi connectivity index (χ0v) is 13.8. The number of nitrogens with one attached hydrogen (secondary N) is 2. The molecule has 0 spiro atoms. The molecule has 1 aliphatic rings. The highest BCUT2D eigenvalue weighted by atomic mass is 35.5. The molecule has 6 nitrogen and oxygen atoms in total. The number of rotatable bonds is 4. The molecule has 1 saturated heterocycles. The second-order valence-corrected chi connectivity index (χ2v) is 6.12. The van der Waals surface area contributed by atoms with Crippen LogP contribution >= 0.6 is 11.6 Å². The van der Waals surface area contributed by atoms with Gasteiger partial charge in [0.05, 0.1) is 12.2 Å². The maximum Gasteiger partial charge on any atom is 0.315 e. The van der Waals surface area contributed by atoms with E-state index in [0.717, 1.165) is 35.9 Å². The summed E-state index contributed by atoms with van der Waals surface area (Å²) in [4.78, 5) is 14.3. The first kappa shape index (κ1) is 15.7. The van der Waals surface area contributed by atoms with Gasteiger partial charge < -0.3 is 15.5 Å². The van der Waals surface area contributed by atoms with E-state index >= 15 is 0 Å². The number of aryl methyl sites for hydroxylation is 1. The molecule has 2 heterocycles. The molecule has 1 atom stereocenters. The summed E-state index contributed by atoms with van der Waals surface area (Å²) in [6.07, 6.45) is 2.65.